The van der Waals surface area contributed by atoms with E-state index in [-0.39, 0.29) is 5.78 Å². The molecule has 0 spiro atoms. The summed E-state index contributed by atoms with van der Waals surface area (Å²) in [6, 6.07) is 0. The van der Waals surface area contributed by atoms with Gasteiger partial charge < -0.3 is 0 Å². The van der Waals surface area contributed by atoms with E-state index in [1.165, 1.54) is 18.3 Å². The summed E-state index contributed by atoms with van der Waals surface area (Å²) >= 11 is 4.61. The van der Waals surface area contributed by atoms with Crippen molar-refractivity contribution in [1.82, 2.24) is 4.98 Å². The van der Waals surface area contributed by atoms with Crippen LogP contribution in [0.3, 0.4) is 0 Å². The van der Waals surface area contributed by atoms with Crippen molar-refractivity contribution in [2.45, 2.75) is 13.8 Å². The number of nitrogens with zero attached hydrogens (tertiary/aromatic N) is 1. The van der Waals surface area contributed by atoms with E-state index in [1.807, 2.05) is 6.92 Å². The van der Waals surface area contributed by atoms with Gasteiger partial charge in [-0.15, -0.1) is 11.3 Å². The lowest BCUT2D eigenvalue weighted by Crippen LogP contribution is -1.86. The average molecular weight is 220 g/mol. The number of aryl methyl sites for hydroxylation is 1. The summed E-state index contributed by atoms with van der Waals surface area (Å²) in [5, 5.41) is 0.914. The number of Topliss-reactive ketones (excluding diaryl/α,β-unsaturated/α-hetero) is 1. The number of hydrogen-bond donors (Lipinski definition) is 0. The van der Waals surface area contributed by atoms with Crippen LogP contribution in [-0.2, 0) is 0 Å². The summed E-state index contributed by atoms with van der Waals surface area (Å²) < 4.78 is 0.669. The first-order chi connectivity index (χ1) is 4.61. The Morgan fingerprint density at radius 1 is 1.70 bits per heavy atom. The van der Waals surface area contributed by atoms with Gasteiger partial charge in [-0.05, 0) is 22.9 Å². The lowest BCUT2D eigenvalue weighted by Gasteiger charge is -1.83. The Balaban J connectivity index is 3.15. The van der Waals surface area contributed by atoms with Crippen molar-refractivity contribution in [2.24, 2.45) is 0 Å². The predicted molar refractivity (Wildman–Crippen MR) is 44.6 cm³/mol. The van der Waals surface area contributed by atoms with E-state index < -0.39 is 0 Å². The largest absolute Gasteiger partial charge is 0.293 e. The monoisotopic (exact) mass is 219 g/mol. The lowest BCUT2D eigenvalue weighted by molar-refractivity contribution is 0.102. The summed E-state index contributed by atoms with van der Waals surface area (Å²) in [4.78, 5) is 15.6. The second kappa shape index (κ2) is 2.80. The van der Waals surface area contributed by atoms with Gasteiger partial charge in [0.1, 0.15) is 9.48 Å². The molecule has 0 aliphatic carbocycles. The van der Waals surface area contributed by atoms with Gasteiger partial charge in [-0.25, -0.2) is 4.98 Å². The van der Waals surface area contributed by atoms with Crippen molar-refractivity contribution in [3.63, 3.8) is 0 Å². The molecule has 1 rings (SSSR count). The molecule has 4 heteroatoms. The zero-order valence-corrected chi connectivity index (χ0v) is 8.04. The average Bonchev–Trinajstić information content (AvgIpc) is 2.10. The maximum Gasteiger partial charge on any atom is 0.172 e. The van der Waals surface area contributed by atoms with E-state index in [9.17, 15) is 4.79 Å². The van der Waals surface area contributed by atoms with E-state index in [0.717, 1.165) is 5.01 Å². The van der Waals surface area contributed by atoms with Gasteiger partial charge in [0.15, 0.2) is 5.78 Å². The lowest BCUT2D eigenvalue weighted by atomic mass is 10.4. The standard InChI is InChI=1S/C6H6BrNOS/c1-3(9)5-6(7)8-4(2)10-5/h1-2H3. The van der Waals surface area contributed by atoms with Gasteiger partial charge in [0.2, 0.25) is 0 Å². The van der Waals surface area contributed by atoms with Crippen LogP contribution in [0.4, 0.5) is 0 Å². The van der Waals surface area contributed by atoms with Crippen molar-refractivity contribution in [1.29, 1.82) is 0 Å². The maximum absolute atomic E-state index is 10.8. The minimum Gasteiger partial charge on any atom is -0.293 e. The van der Waals surface area contributed by atoms with E-state index >= 15 is 0 Å². The third-order valence-electron chi connectivity index (χ3n) is 1.01. The summed E-state index contributed by atoms with van der Waals surface area (Å²) in [6.45, 7) is 3.42. The Bertz CT molecular complexity index is 269. The highest BCUT2D eigenvalue weighted by molar-refractivity contribution is 9.10. The first-order valence-corrected chi connectivity index (χ1v) is 4.36. The molecule has 0 unspecified atom stereocenters. The molecule has 1 aromatic rings. The molecule has 54 valence electrons. The Hall–Kier alpha value is -0.220. The molecule has 0 saturated carbocycles. The summed E-state index contributed by atoms with van der Waals surface area (Å²) in [5.41, 5.74) is 0. The highest BCUT2D eigenvalue weighted by Gasteiger charge is 2.09. The number of aromatic nitrogens is 1. The highest BCUT2D eigenvalue weighted by Crippen LogP contribution is 2.22. The third kappa shape index (κ3) is 1.44. The smallest absolute Gasteiger partial charge is 0.172 e. The molecular formula is C6H6BrNOS. The highest BCUT2D eigenvalue weighted by atomic mass is 79.9. The first kappa shape index (κ1) is 7.88. The third-order valence-corrected chi connectivity index (χ3v) is 2.92. The SMILES string of the molecule is CC(=O)c1sc(C)nc1Br. The molecular weight excluding hydrogens is 214 g/mol. The molecule has 0 aliphatic rings. The zero-order valence-electron chi connectivity index (χ0n) is 5.64. The summed E-state index contributed by atoms with van der Waals surface area (Å²) in [5.74, 6) is 0.0671. The van der Waals surface area contributed by atoms with Crippen molar-refractivity contribution < 1.29 is 4.79 Å². The molecule has 0 radical (unpaired) electrons. The summed E-state index contributed by atoms with van der Waals surface area (Å²) in [7, 11) is 0. The minimum absolute atomic E-state index is 0.0671. The molecule has 0 aromatic carbocycles. The molecule has 0 aliphatic heterocycles. The molecule has 0 bridgehead atoms. The van der Waals surface area contributed by atoms with Crippen LogP contribution in [0.25, 0.3) is 0 Å². The van der Waals surface area contributed by atoms with Crippen LogP contribution in [0.5, 0.6) is 0 Å². The molecule has 0 fully saturated rings. The van der Waals surface area contributed by atoms with Crippen molar-refractivity contribution >= 4 is 33.0 Å². The van der Waals surface area contributed by atoms with Crippen LogP contribution >= 0.6 is 27.3 Å². The fourth-order valence-electron chi connectivity index (χ4n) is 0.619. The number of thiazole rings is 1. The maximum atomic E-state index is 10.8. The van der Waals surface area contributed by atoms with Crippen molar-refractivity contribution in [3.05, 3.63) is 14.5 Å². The molecule has 1 heterocycles. The van der Waals surface area contributed by atoms with E-state index in [0.29, 0.717) is 9.48 Å². The van der Waals surface area contributed by atoms with Crippen molar-refractivity contribution in [2.75, 3.05) is 0 Å². The summed E-state index contributed by atoms with van der Waals surface area (Å²) in [6.07, 6.45) is 0. The molecule has 0 amide bonds. The number of hydrogen-bond acceptors (Lipinski definition) is 3. The fourth-order valence-corrected chi connectivity index (χ4v) is 2.23. The van der Waals surface area contributed by atoms with E-state index in [1.54, 1.807) is 0 Å². The topological polar surface area (TPSA) is 30.0 Å². The molecule has 0 saturated heterocycles. The Morgan fingerprint density at radius 3 is 2.50 bits per heavy atom. The first-order valence-electron chi connectivity index (χ1n) is 2.75. The number of rotatable bonds is 1. The molecule has 2 nitrogen and oxygen atoms in total. The number of carbonyl (C=O) groups is 1. The Kier molecular flexibility index (Phi) is 2.21. The molecule has 10 heavy (non-hydrogen) atoms. The Morgan fingerprint density at radius 2 is 2.30 bits per heavy atom. The van der Waals surface area contributed by atoms with Gasteiger partial charge in [0.05, 0.1) is 5.01 Å². The molecule has 0 N–H and O–H groups in total. The van der Waals surface area contributed by atoms with E-state index in [4.69, 9.17) is 0 Å². The number of ketones is 1. The second-order valence-electron chi connectivity index (χ2n) is 1.91. The van der Waals surface area contributed by atoms with Crippen molar-refractivity contribution in [3.8, 4) is 0 Å². The second-order valence-corrected chi connectivity index (χ2v) is 3.86. The van der Waals surface area contributed by atoms with Crippen LogP contribution in [0.2, 0.25) is 0 Å². The van der Waals surface area contributed by atoms with Gasteiger partial charge in [0, 0.05) is 6.92 Å². The van der Waals surface area contributed by atoms with Crippen LogP contribution in [0, 0.1) is 6.92 Å². The van der Waals surface area contributed by atoms with Crippen LogP contribution in [-0.4, -0.2) is 10.8 Å². The van der Waals surface area contributed by atoms with Gasteiger partial charge in [-0.2, -0.15) is 0 Å². The van der Waals surface area contributed by atoms with Crippen LogP contribution < -0.4 is 0 Å². The fraction of sp³-hybridized carbons (Fsp3) is 0.333. The minimum atomic E-state index is 0.0671. The Labute approximate surface area is 71.4 Å². The molecule has 1 aromatic heterocycles. The van der Waals surface area contributed by atoms with Gasteiger partial charge in [-0.3, -0.25) is 4.79 Å². The number of halogens is 1. The number of carbonyl (C=O) groups excluding carboxylic acids is 1. The van der Waals surface area contributed by atoms with Gasteiger partial charge >= 0.3 is 0 Å². The quantitative estimate of drug-likeness (QED) is 0.680. The molecule has 0 atom stereocenters. The van der Waals surface area contributed by atoms with Gasteiger partial charge in [-0.1, -0.05) is 0 Å². The van der Waals surface area contributed by atoms with Gasteiger partial charge in [0.25, 0.3) is 0 Å². The van der Waals surface area contributed by atoms with Crippen LogP contribution in [0.15, 0.2) is 4.60 Å². The van der Waals surface area contributed by atoms with Crippen LogP contribution in [0.1, 0.15) is 21.6 Å². The zero-order chi connectivity index (χ0) is 7.72. The van der Waals surface area contributed by atoms with E-state index in [2.05, 4.69) is 20.9 Å². The predicted octanol–water partition coefficient (Wildman–Crippen LogP) is 2.42. The normalized spacial score (nSPS) is 9.90.